The molecule has 0 spiro atoms. The van der Waals surface area contributed by atoms with Crippen molar-refractivity contribution in [2.75, 3.05) is 12.5 Å². The van der Waals surface area contributed by atoms with Gasteiger partial charge in [-0.3, -0.25) is 4.57 Å². The molecule has 0 saturated heterocycles. The third-order valence-corrected chi connectivity index (χ3v) is 5.29. The fraction of sp³-hybridized carbons (Fsp3) is 0.222. The van der Waals surface area contributed by atoms with E-state index in [2.05, 4.69) is 22.3 Å². The summed E-state index contributed by atoms with van der Waals surface area (Å²) < 4.78 is 12.9. The number of nitrogens with zero attached hydrogens (tertiary/aromatic N) is 3. The lowest BCUT2D eigenvalue weighted by Crippen LogP contribution is -2.15. The number of rotatable bonds is 5. The second kappa shape index (κ2) is 7.57. The Balaban J connectivity index is 1.59. The topological polar surface area (TPSA) is 75.2 Å². The zero-order chi connectivity index (χ0) is 17.9. The lowest BCUT2D eigenvalue weighted by molar-refractivity contribution is -0.0171. The van der Waals surface area contributed by atoms with Crippen molar-refractivity contribution in [1.29, 1.82) is 0 Å². The van der Waals surface area contributed by atoms with E-state index in [1.807, 2.05) is 34.9 Å². The van der Waals surface area contributed by atoms with E-state index in [0.717, 1.165) is 27.8 Å². The fourth-order valence-electron chi connectivity index (χ4n) is 2.82. The molecule has 134 valence electrons. The molecule has 6 nitrogen and oxygen atoms in total. The number of halogens is 1. The van der Waals surface area contributed by atoms with Gasteiger partial charge in [0.05, 0.1) is 13.2 Å². The van der Waals surface area contributed by atoms with Crippen LogP contribution in [0.4, 0.5) is 5.95 Å². The number of thioether (sulfide) groups is 1. The SMILES string of the molecule is Nc1nnc(SCc2ccccc2)n1Cc1cc(Cl)cc2c1OCOC2. The lowest BCUT2D eigenvalue weighted by Gasteiger charge is -2.21. The number of aromatic nitrogens is 3. The van der Waals surface area contributed by atoms with Crippen LogP contribution in [0.5, 0.6) is 5.75 Å². The molecule has 8 heteroatoms. The molecule has 0 fully saturated rings. The van der Waals surface area contributed by atoms with Gasteiger partial charge < -0.3 is 15.2 Å². The third kappa shape index (κ3) is 3.65. The number of hydrogen-bond donors (Lipinski definition) is 1. The Morgan fingerprint density at radius 2 is 2.04 bits per heavy atom. The molecule has 1 aliphatic heterocycles. The summed E-state index contributed by atoms with van der Waals surface area (Å²) in [4.78, 5) is 0. The second-order valence-corrected chi connectivity index (χ2v) is 7.24. The van der Waals surface area contributed by atoms with Crippen molar-refractivity contribution in [1.82, 2.24) is 14.8 Å². The largest absolute Gasteiger partial charge is 0.467 e. The molecule has 1 aliphatic rings. The summed E-state index contributed by atoms with van der Waals surface area (Å²) >= 11 is 7.85. The normalized spacial score (nSPS) is 13.3. The van der Waals surface area contributed by atoms with Gasteiger partial charge in [-0.05, 0) is 17.7 Å². The summed E-state index contributed by atoms with van der Waals surface area (Å²) in [5.74, 6) is 1.95. The Hall–Kier alpha value is -2.22. The van der Waals surface area contributed by atoms with Crippen LogP contribution in [0.25, 0.3) is 0 Å². The Morgan fingerprint density at radius 3 is 2.88 bits per heavy atom. The number of anilines is 1. The number of nitrogen functional groups attached to an aromatic ring is 1. The van der Waals surface area contributed by atoms with Gasteiger partial charge in [0, 0.05) is 21.9 Å². The van der Waals surface area contributed by atoms with Gasteiger partial charge in [-0.1, -0.05) is 53.7 Å². The molecule has 0 bridgehead atoms. The van der Waals surface area contributed by atoms with Gasteiger partial charge in [-0.25, -0.2) is 0 Å². The minimum atomic E-state index is 0.231. The first-order valence-electron chi connectivity index (χ1n) is 8.08. The highest BCUT2D eigenvalue weighted by Crippen LogP contribution is 2.33. The Labute approximate surface area is 160 Å². The average molecular weight is 389 g/mol. The monoisotopic (exact) mass is 388 g/mol. The highest BCUT2D eigenvalue weighted by Gasteiger charge is 2.19. The van der Waals surface area contributed by atoms with E-state index in [-0.39, 0.29) is 6.79 Å². The summed E-state index contributed by atoms with van der Waals surface area (Å²) in [5.41, 5.74) is 9.13. The van der Waals surface area contributed by atoms with E-state index in [1.54, 1.807) is 11.8 Å². The first-order valence-corrected chi connectivity index (χ1v) is 9.44. The van der Waals surface area contributed by atoms with E-state index in [1.165, 1.54) is 5.56 Å². The number of nitrogens with two attached hydrogens (primary N) is 1. The Morgan fingerprint density at radius 1 is 1.19 bits per heavy atom. The van der Waals surface area contributed by atoms with Gasteiger partial charge in [0.1, 0.15) is 5.75 Å². The molecule has 0 aliphatic carbocycles. The first-order chi connectivity index (χ1) is 12.7. The van der Waals surface area contributed by atoms with Crippen LogP contribution < -0.4 is 10.5 Å². The van der Waals surface area contributed by atoms with E-state index >= 15 is 0 Å². The summed E-state index contributed by atoms with van der Waals surface area (Å²) in [6, 6.07) is 14.0. The maximum atomic E-state index is 6.25. The quantitative estimate of drug-likeness (QED) is 0.671. The molecule has 2 aromatic carbocycles. The summed E-state index contributed by atoms with van der Waals surface area (Å²) in [6.07, 6.45) is 0. The van der Waals surface area contributed by atoms with Crippen molar-refractivity contribution >= 4 is 29.3 Å². The van der Waals surface area contributed by atoms with Gasteiger partial charge in [0.2, 0.25) is 5.95 Å². The predicted molar refractivity (Wildman–Crippen MR) is 101 cm³/mol. The Bertz CT molecular complexity index is 917. The molecule has 3 aromatic rings. The summed E-state index contributed by atoms with van der Waals surface area (Å²) in [6.45, 7) is 1.20. The molecule has 2 heterocycles. The Kier molecular flexibility index (Phi) is 5.01. The molecule has 1 aromatic heterocycles. The molecular weight excluding hydrogens is 372 g/mol. The van der Waals surface area contributed by atoms with Gasteiger partial charge in [0.25, 0.3) is 0 Å². The van der Waals surface area contributed by atoms with E-state index in [9.17, 15) is 0 Å². The standard InChI is InChI=1S/C18H17ClN4O2S/c19-15-6-13(16-14(7-15)9-24-11-25-16)8-23-17(20)21-22-18(23)26-10-12-4-2-1-3-5-12/h1-7H,8-11H2,(H2,20,21). The van der Waals surface area contributed by atoms with Crippen molar-refractivity contribution in [3.05, 3.63) is 64.2 Å². The molecular formula is C18H17ClN4O2S. The van der Waals surface area contributed by atoms with Crippen molar-refractivity contribution in [3.63, 3.8) is 0 Å². The molecule has 26 heavy (non-hydrogen) atoms. The lowest BCUT2D eigenvalue weighted by atomic mass is 10.1. The number of fused-ring (bicyclic) bond motifs is 1. The van der Waals surface area contributed by atoms with Gasteiger partial charge in [0.15, 0.2) is 11.9 Å². The smallest absolute Gasteiger partial charge is 0.223 e. The fourth-order valence-corrected chi connectivity index (χ4v) is 3.99. The van der Waals surface area contributed by atoms with Crippen LogP contribution in [0.1, 0.15) is 16.7 Å². The molecule has 0 atom stereocenters. The highest BCUT2D eigenvalue weighted by molar-refractivity contribution is 7.98. The zero-order valence-electron chi connectivity index (χ0n) is 13.9. The molecule has 0 saturated carbocycles. The minimum absolute atomic E-state index is 0.231. The van der Waals surface area contributed by atoms with E-state index in [0.29, 0.717) is 24.1 Å². The van der Waals surface area contributed by atoms with Crippen molar-refractivity contribution < 1.29 is 9.47 Å². The summed E-state index contributed by atoms with van der Waals surface area (Å²) in [7, 11) is 0. The van der Waals surface area contributed by atoms with Gasteiger partial charge >= 0.3 is 0 Å². The molecule has 2 N–H and O–H groups in total. The van der Waals surface area contributed by atoms with Gasteiger partial charge in [-0.2, -0.15) is 0 Å². The zero-order valence-corrected chi connectivity index (χ0v) is 15.5. The third-order valence-electron chi connectivity index (χ3n) is 4.04. The van der Waals surface area contributed by atoms with Crippen molar-refractivity contribution in [3.8, 4) is 5.75 Å². The number of benzene rings is 2. The van der Waals surface area contributed by atoms with E-state index in [4.69, 9.17) is 26.8 Å². The molecule has 0 radical (unpaired) electrons. The van der Waals surface area contributed by atoms with Gasteiger partial charge in [-0.15, -0.1) is 10.2 Å². The van der Waals surface area contributed by atoms with E-state index < -0.39 is 0 Å². The molecule has 4 rings (SSSR count). The van der Waals surface area contributed by atoms with Crippen molar-refractivity contribution in [2.24, 2.45) is 0 Å². The van der Waals surface area contributed by atoms with Crippen LogP contribution in [-0.2, 0) is 23.6 Å². The van der Waals surface area contributed by atoms with Crippen LogP contribution in [0, 0.1) is 0 Å². The van der Waals surface area contributed by atoms with Crippen molar-refractivity contribution in [2.45, 2.75) is 24.1 Å². The average Bonchev–Trinajstić information content (AvgIpc) is 3.00. The molecule has 0 amide bonds. The predicted octanol–water partition coefficient (Wildman–Crippen LogP) is 3.72. The maximum Gasteiger partial charge on any atom is 0.223 e. The summed E-state index contributed by atoms with van der Waals surface area (Å²) in [5, 5.41) is 9.64. The van der Waals surface area contributed by atoms with Crippen LogP contribution >= 0.6 is 23.4 Å². The van der Waals surface area contributed by atoms with Crippen LogP contribution in [0.15, 0.2) is 47.6 Å². The number of hydrogen-bond acceptors (Lipinski definition) is 6. The minimum Gasteiger partial charge on any atom is -0.467 e. The van der Waals surface area contributed by atoms with Crippen LogP contribution in [0.3, 0.4) is 0 Å². The first kappa shape index (κ1) is 17.2. The van der Waals surface area contributed by atoms with Crippen LogP contribution in [-0.4, -0.2) is 21.6 Å². The second-order valence-electron chi connectivity index (χ2n) is 5.87. The molecule has 0 unspecified atom stereocenters. The van der Waals surface area contributed by atoms with Crippen LogP contribution in [0.2, 0.25) is 5.02 Å². The number of ether oxygens (including phenoxy) is 2. The highest BCUT2D eigenvalue weighted by atomic mass is 35.5. The maximum absolute atomic E-state index is 6.25.